The Hall–Kier alpha value is -2.82. The van der Waals surface area contributed by atoms with Gasteiger partial charge in [0.1, 0.15) is 6.61 Å². The van der Waals surface area contributed by atoms with Gasteiger partial charge in [0.15, 0.2) is 11.6 Å². The van der Waals surface area contributed by atoms with Gasteiger partial charge in [0.05, 0.1) is 6.61 Å². The van der Waals surface area contributed by atoms with E-state index in [1.54, 1.807) is 11.0 Å². The average molecular weight is 383 g/mol. The van der Waals surface area contributed by atoms with Crippen molar-refractivity contribution in [3.63, 3.8) is 0 Å². The number of carbonyl (C=O) groups excluding carboxylic acids is 1. The maximum absolute atomic E-state index is 14.4. The fourth-order valence-electron chi connectivity index (χ4n) is 3.05. The van der Waals surface area contributed by atoms with Crippen LogP contribution in [0, 0.1) is 5.82 Å². The molecule has 1 aliphatic rings. The van der Waals surface area contributed by atoms with E-state index in [1.165, 1.54) is 6.07 Å². The van der Waals surface area contributed by atoms with Crippen LogP contribution in [0.15, 0.2) is 54.6 Å². The van der Waals surface area contributed by atoms with E-state index in [4.69, 9.17) is 9.47 Å². The van der Waals surface area contributed by atoms with Crippen molar-refractivity contribution >= 4 is 11.7 Å². The highest BCUT2D eigenvalue weighted by Gasteiger charge is 2.19. The molecule has 5 heteroatoms. The van der Waals surface area contributed by atoms with Crippen molar-refractivity contribution in [3.05, 3.63) is 71.6 Å². The zero-order valence-electron chi connectivity index (χ0n) is 16.2. The van der Waals surface area contributed by atoms with Crippen molar-refractivity contribution in [1.82, 2.24) is 4.90 Å². The van der Waals surface area contributed by atoms with Gasteiger partial charge in [-0.1, -0.05) is 55.8 Å². The minimum absolute atomic E-state index is 0.241. The van der Waals surface area contributed by atoms with Gasteiger partial charge in [-0.3, -0.25) is 0 Å². The second-order valence-corrected chi connectivity index (χ2v) is 6.81. The van der Waals surface area contributed by atoms with Crippen LogP contribution in [0.2, 0.25) is 0 Å². The Morgan fingerprint density at radius 2 is 2.00 bits per heavy atom. The van der Waals surface area contributed by atoms with Gasteiger partial charge in [0.2, 0.25) is 0 Å². The van der Waals surface area contributed by atoms with E-state index >= 15 is 0 Å². The number of ether oxygens (including phenoxy) is 2. The zero-order valence-corrected chi connectivity index (χ0v) is 16.2. The van der Waals surface area contributed by atoms with Gasteiger partial charge < -0.3 is 14.4 Å². The smallest absolute Gasteiger partial charge is 0.410 e. The van der Waals surface area contributed by atoms with Crippen LogP contribution < -0.4 is 4.74 Å². The minimum Gasteiger partial charge on any atom is -0.486 e. The first kappa shape index (κ1) is 19.9. The zero-order chi connectivity index (χ0) is 19.8. The van der Waals surface area contributed by atoms with Crippen LogP contribution in [-0.4, -0.2) is 30.7 Å². The van der Waals surface area contributed by atoms with Crippen molar-refractivity contribution < 1.29 is 18.7 Å². The lowest BCUT2D eigenvalue weighted by atomic mass is 9.99. The second kappa shape index (κ2) is 9.93. The predicted octanol–water partition coefficient (Wildman–Crippen LogP) is 5.43. The molecule has 148 valence electrons. The van der Waals surface area contributed by atoms with E-state index < -0.39 is 0 Å². The molecule has 0 radical (unpaired) electrons. The third-order valence-corrected chi connectivity index (χ3v) is 4.73. The lowest BCUT2D eigenvalue weighted by molar-refractivity contribution is 0.105. The molecule has 2 aromatic carbocycles. The van der Waals surface area contributed by atoms with Crippen molar-refractivity contribution in [2.75, 3.05) is 19.7 Å². The molecule has 3 rings (SSSR count). The SMILES string of the molecule is CCCCOC(=O)N1CC=C(c2ccc(OCc3ccccc3)c(F)c2)CC1. The number of hydrogen-bond donors (Lipinski definition) is 0. The number of carbonyl (C=O) groups is 1. The van der Waals surface area contributed by atoms with E-state index in [2.05, 4.69) is 6.92 Å². The van der Waals surface area contributed by atoms with Crippen LogP contribution in [0.5, 0.6) is 5.75 Å². The Kier molecular flexibility index (Phi) is 7.06. The molecule has 0 aliphatic carbocycles. The summed E-state index contributed by atoms with van der Waals surface area (Å²) in [6, 6.07) is 14.7. The molecule has 0 spiro atoms. The summed E-state index contributed by atoms with van der Waals surface area (Å²) in [6.45, 7) is 3.90. The molecular weight excluding hydrogens is 357 g/mol. The monoisotopic (exact) mass is 383 g/mol. The van der Waals surface area contributed by atoms with Crippen LogP contribution in [0.3, 0.4) is 0 Å². The van der Waals surface area contributed by atoms with Gasteiger partial charge in [0.25, 0.3) is 0 Å². The molecule has 0 fully saturated rings. The molecule has 1 aliphatic heterocycles. The summed E-state index contributed by atoms with van der Waals surface area (Å²) in [7, 11) is 0. The van der Waals surface area contributed by atoms with Crippen LogP contribution in [0.4, 0.5) is 9.18 Å². The highest BCUT2D eigenvalue weighted by Crippen LogP contribution is 2.27. The lowest BCUT2D eigenvalue weighted by Crippen LogP contribution is -2.35. The molecule has 0 unspecified atom stereocenters. The quantitative estimate of drug-likeness (QED) is 0.599. The van der Waals surface area contributed by atoms with Gasteiger partial charge in [-0.05, 0) is 41.7 Å². The van der Waals surface area contributed by atoms with Crippen LogP contribution in [0.1, 0.15) is 37.3 Å². The molecule has 0 N–H and O–H groups in total. The Morgan fingerprint density at radius 3 is 2.68 bits per heavy atom. The predicted molar refractivity (Wildman–Crippen MR) is 108 cm³/mol. The van der Waals surface area contributed by atoms with Crippen LogP contribution in [0.25, 0.3) is 5.57 Å². The number of nitrogens with zero attached hydrogens (tertiary/aromatic N) is 1. The van der Waals surface area contributed by atoms with E-state index in [0.29, 0.717) is 32.7 Å². The minimum atomic E-state index is -0.379. The Bertz CT molecular complexity index is 820. The highest BCUT2D eigenvalue weighted by atomic mass is 19.1. The normalized spacial score (nSPS) is 13.8. The largest absolute Gasteiger partial charge is 0.486 e. The second-order valence-electron chi connectivity index (χ2n) is 6.81. The molecule has 28 heavy (non-hydrogen) atoms. The number of hydrogen-bond acceptors (Lipinski definition) is 3. The Labute approximate surface area is 165 Å². The van der Waals surface area contributed by atoms with Gasteiger partial charge in [-0.2, -0.15) is 0 Å². The third-order valence-electron chi connectivity index (χ3n) is 4.73. The molecule has 0 saturated carbocycles. The number of benzene rings is 2. The van der Waals surface area contributed by atoms with Gasteiger partial charge in [0, 0.05) is 13.1 Å². The van der Waals surface area contributed by atoms with Crippen molar-refractivity contribution in [1.29, 1.82) is 0 Å². The standard InChI is InChI=1S/C23H26FNO3/c1-2-3-15-27-23(26)25-13-11-19(12-14-25)20-9-10-22(21(24)16-20)28-17-18-7-5-4-6-8-18/h4-11,16H,2-3,12-15,17H2,1H3. The fourth-order valence-corrected chi connectivity index (χ4v) is 3.05. The first-order valence-corrected chi connectivity index (χ1v) is 9.74. The first-order valence-electron chi connectivity index (χ1n) is 9.74. The maximum atomic E-state index is 14.4. The summed E-state index contributed by atoms with van der Waals surface area (Å²) in [4.78, 5) is 13.7. The lowest BCUT2D eigenvalue weighted by Gasteiger charge is -2.26. The van der Waals surface area contributed by atoms with E-state index in [9.17, 15) is 9.18 Å². The van der Waals surface area contributed by atoms with Gasteiger partial charge in [-0.15, -0.1) is 0 Å². The molecule has 0 atom stereocenters. The van der Waals surface area contributed by atoms with E-state index in [0.717, 1.165) is 29.5 Å². The number of unbranched alkanes of at least 4 members (excludes halogenated alkanes) is 1. The van der Waals surface area contributed by atoms with E-state index in [-0.39, 0.29) is 17.7 Å². The molecule has 1 heterocycles. The first-order chi connectivity index (χ1) is 13.7. The average Bonchev–Trinajstić information content (AvgIpc) is 2.74. The summed E-state index contributed by atoms with van der Waals surface area (Å²) in [5, 5.41) is 0. The van der Waals surface area contributed by atoms with Crippen molar-refractivity contribution in [2.24, 2.45) is 0 Å². The fraction of sp³-hybridized carbons (Fsp3) is 0.348. The molecule has 0 bridgehead atoms. The summed E-state index contributed by atoms with van der Waals surface area (Å²) >= 11 is 0. The molecular formula is C23H26FNO3. The summed E-state index contributed by atoms with van der Waals surface area (Å²) < 4.78 is 25.3. The van der Waals surface area contributed by atoms with Crippen LogP contribution >= 0.6 is 0 Å². The number of amides is 1. The summed E-state index contributed by atoms with van der Waals surface area (Å²) in [5.74, 6) is -0.138. The Balaban J connectivity index is 1.57. The van der Waals surface area contributed by atoms with Crippen LogP contribution in [-0.2, 0) is 11.3 Å². The summed E-state index contributed by atoms with van der Waals surface area (Å²) in [5.41, 5.74) is 2.85. The van der Waals surface area contributed by atoms with Crippen molar-refractivity contribution in [2.45, 2.75) is 32.8 Å². The molecule has 0 aromatic heterocycles. The topological polar surface area (TPSA) is 38.8 Å². The maximum Gasteiger partial charge on any atom is 0.410 e. The van der Waals surface area contributed by atoms with Gasteiger partial charge >= 0.3 is 6.09 Å². The third kappa shape index (κ3) is 5.35. The van der Waals surface area contributed by atoms with E-state index in [1.807, 2.05) is 42.5 Å². The summed E-state index contributed by atoms with van der Waals surface area (Å²) in [6.07, 6.45) is 4.22. The highest BCUT2D eigenvalue weighted by molar-refractivity contribution is 5.72. The van der Waals surface area contributed by atoms with Crippen molar-refractivity contribution in [3.8, 4) is 5.75 Å². The molecule has 2 aromatic rings. The number of rotatable bonds is 7. The number of halogens is 1. The molecule has 0 saturated heterocycles. The Morgan fingerprint density at radius 1 is 1.18 bits per heavy atom. The van der Waals surface area contributed by atoms with Gasteiger partial charge in [-0.25, -0.2) is 9.18 Å². The molecule has 4 nitrogen and oxygen atoms in total. The molecule has 1 amide bonds.